The summed E-state index contributed by atoms with van der Waals surface area (Å²) in [5.41, 5.74) is 1.59. The van der Waals surface area contributed by atoms with E-state index in [1.165, 1.54) is 18.6 Å². The highest BCUT2D eigenvalue weighted by atomic mass is 16.5. The number of rotatable bonds is 6. The maximum atomic E-state index is 11.3. The van der Waals surface area contributed by atoms with E-state index in [0.717, 1.165) is 38.5 Å². The molecule has 2 aliphatic rings. The molecule has 23 heavy (non-hydrogen) atoms. The van der Waals surface area contributed by atoms with Crippen LogP contribution in [0.15, 0.2) is 23.8 Å². The summed E-state index contributed by atoms with van der Waals surface area (Å²) in [6, 6.07) is 0. The van der Waals surface area contributed by atoms with E-state index in [2.05, 4.69) is 13.0 Å². The van der Waals surface area contributed by atoms with Crippen LogP contribution in [0.5, 0.6) is 0 Å². The van der Waals surface area contributed by atoms with Gasteiger partial charge in [0, 0.05) is 18.9 Å². The fourth-order valence-corrected chi connectivity index (χ4v) is 4.13. The van der Waals surface area contributed by atoms with E-state index in [1.807, 2.05) is 6.08 Å². The van der Waals surface area contributed by atoms with Gasteiger partial charge in [0.2, 0.25) is 0 Å². The number of allylic oxidation sites excluding steroid dienone is 3. The van der Waals surface area contributed by atoms with Gasteiger partial charge in [0.05, 0.1) is 6.61 Å². The Labute approximate surface area is 138 Å². The Hall–Kier alpha value is -1.58. The minimum absolute atomic E-state index is 0.0510. The third-order valence-corrected chi connectivity index (χ3v) is 5.24. The summed E-state index contributed by atoms with van der Waals surface area (Å²) in [5, 5.41) is 0. The second kappa shape index (κ2) is 7.80. The second-order valence-corrected chi connectivity index (χ2v) is 6.72. The fraction of sp³-hybridized carbons (Fsp3) is 0.684. The number of hydrogen-bond acceptors (Lipinski definition) is 4. The van der Waals surface area contributed by atoms with E-state index < -0.39 is 0 Å². The molecule has 0 spiro atoms. The second-order valence-electron chi connectivity index (χ2n) is 6.72. The number of carbonyl (C=O) groups is 2. The Morgan fingerprint density at radius 1 is 1.43 bits per heavy atom. The van der Waals surface area contributed by atoms with Crippen molar-refractivity contribution in [3.8, 4) is 0 Å². The molecule has 0 amide bonds. The third-order valence-electron chi connectivity index (χ3n) is 5.24. The first-order chi connectivity index (χ1) is 11.0. The molecule has 128 valence electrons. The zero-order valence-corrected chi connectivity index (χ0v) is 14.5. The smallest absolute Gasteiger partial charge is 0.330 e. The van der Waals surface area contributed by atoms with Crippen LogP contribution in [0.25, 0.3) is 0 Å². The van der Waals surface area contributed by atoms with E-state index in [0.29, 0.717) is 12.5 Å². The number of fused-ring (bicyclic) bond motifs is 1. The topological polar surface area (TPSA) is 52.6 Å². The number of carbonyl (C=O) groups excluding carboxylic acids is 2. The summed E-state index contributed by atoms with van der Waals surface area (Å²) in [6.07, 6.45) is 11.8. The zero-order chi connectivity index (χ0) is 16.9. The molecule has 0 aromatic carbocycles. The highest BCUT2D eigenvalue weighted by Crippen LogP contribution is 2.54. The Morgan fingerprint density at radius 3 is 2.91 bits per heavy atom. The summed E-state index contributed by atoms with van der Waals surface area (Å²) in [6.45, 7) is 6.01. The molecule has 1 saturated carbocycles. The summed E-state index contributed by atoms with van der Waals surface area (Å²) >= 11 is 0. The van der Waals surface area contributed by atoms with Gasteiger partial charge in [0.25, 0.3) is 0 Å². The predicted molar refractivity (Wildman–Crippen MR) is 88.7 cm³/mol. The molecule has 0 aromatic rings. The van der Waals surface area contributed by atoms with Crippen LogP contribution in [-0.4, -0.2) is 24.6 Å². The van der Waals surface area contributed by atoms with Crippen LogP contribution < -0.4 is 0 Å². The Morgan fingerprint density at radius 2 is 2.22 bits per heavy atom. The monoisotopic (exact) mass is 320 g/mol. The normalized spacial score (nSPS) is 30.0. The molecule has 4 heteroatoms. The highest BCUT2D eigenvalue weighted by molar-refractivity contribution is 5.81. The SMILES string of the molecule is CCOC(=O)/C=C/CCC1=CCC2[C@@H](OC(C)=O)CCC[C@]12C. The van der Waals surface area contributed by atoms with Crippen LogP contribution in [0.2, 0.25) is 0 Å². The molecule has 1 fully saturated rings. The summed E-state index contributed by atoms with van der Waals surface area (Å²) in [4.78, 5) is 22.6. The van der Waals surface area contributed by atoms with Crippen LogP contribution in [-0.2, 0) is 19.1 Å². The number of ether oxygens (including phenoxy) is 2. The quantitative estimate of drug-likeness (QED) is 0.422. The maximum absolute atomic E-state index is 11.3. The molecule has 2 rings (SSSR count). The van der Waals surface area contributed by atoms with Crippen molar-refractivity contribution in [3.05, 3.63) is 23.8 Å². The Kier molecular flexibility index (Phi) is 6.03. The minimum Gasteiger partial charge on any atom is -0.463 e. The van der Waals surface area contributed by atoms with Crippen LogP contribution >= 0.6 is 0 Å². The van der Waals surface area contributed by atoms with Crippen molar-refractivity contribution in [3.63, 3.8) is 0 Å². The van der Waals surface area contributed by atoms with Gasteiger partial charge in [-0.3, -0.25) is 4.79 Å². The molecule has 0 bridgehead atoms. The van der Waals surface area contributed by atoms with E-state index >= 15 is 0 Å². The maximum Gasteiger partial charge on any atom is 0.330 e. The Balaban J connectivity index is 1.92. The number of esters is 2. The van der Waals surface area contributed by atoms with Crippen molar-refractivity contribution in [1.29, 1.82) is 0 Å². The molecule has 0 aliphatic heterocycles. The van der Waals surface area contributed by atoms with Gasteiger partial charge in [0.15, 0.2) is 0 Å². The molecule has 3 atom stereocenters. The number of hydrogen-bond donors (Lipinski definition) is 0. The van der Waals surface area contributed by atoms with Crippen molar-refractivity contribution in [2.75, 3.05) is 6.61 Å². The van der Waals surface area contributed by atoms with Crippen molar-refractivity contribution < 1.29 is 19.1 Å². The largest absolute Gasteiger partial charge is 0.463 e. The molecule has 1 unspecified atom stereocenters. The fourth-order valence-electron chi connectivity index (χ4n) is 4.13. The van der Waals surface area contributed by atoms with E-state index in [9.17, 15) is 9.59 Å². The van der Waals surface area contributed by atoms with Crippen molar-refractivity contribution in [2.45, 2.75) is 65.4 Å². The third kappa shape index (κ3) is 4.24. The lowest BCUT2D eigenvalue weighted by Gasteiger charge is -2.43. The molecule has 4 nitrogen and oxygen atoms in total. The lowest BCUT2D eigenvalue weighted by molar-refractivity contribution is -0.153. The standard InChI is InChI=1S/C19H28O4/c1-4-22-18(21)10-6-5-8-15-11-12-16-17(23-14(2)20)9-7-13-19(15,16)3/h6,10-11,16-17H,4-5,7-9,12-13H2,1-3H3/b10-6+/t16?,17-,19+/m0/s1. The first kappa shape index (κ1) is 17.8. The minimum atomic E-state index is -0.274. The van der Waals surface area contributed by atoms with Crippen molar-refractivity contribution in [1.82, 2.24) is 0 Å². The molecule has 0 aromatic heterocycles. The van der Waals surface area contributed by atoms with E-state index in [1.54, 1.807) is 6.92 Å². The summed E-state index contributed by atoms with van der Waals surface area (Å²) in [5.74, 6) is -0.0427. The molecule has 0 radical (unpaired) electrons. The van der Waals surface area contributed by atoms with Gasteiger partial charge < -0.3 is 9.47 Å². The highest BCUT2D eigenvalue weighted by Gasteiger charge is 2.47. The van der Waals surface area contributed by atoms with Gasteiger partial charge in [-0.2, -0.15) is 0 Å². The lowest BCUT2D eigenvalue weighted by Crippen LogP contribution is -2.40. The van der Waals surface area contributed by atoms with Crippen molar-refractivity contribution in [2.24, 2.45) is 11.3 Å². The first-order valence-corrected chi connectivity index (χ1v) is 8.67. The van der Waals surface area contributed by atoms with Crippen LogP contribution in [0.3, 0.4) is 0 Å². The Bertz CT molecular complexity index is 505. The average molecular weight is 320 g/mol. The molecule has 0 heterocycles. The lowest BCUT2D eigenvalue weighted by atomic mass is 9.64. The first-order valence-electron chi connectivity index (χ1n) is 8.67. The van der Waals surface area contributed by atoms with Gasteiger partial charge in [-0.1, -0.05) is 24.6 Å². The predicted octanol–water partition coefficient (Wildman–Crippen LogP) is 3.95. The van der Waals surface area contributed by atoms with Crippen LogP contribution in [0.1, 0.15) is 59.3 Å². The van der Waals surface area contributed by atoms with Crippen LogP contribution in [0.4, 0.5) is 0 Å². The van der Waals surface area contributed by atoms with Crippen molar-refractivity contribution >= 4 is 11.9 Å². The van der Waals surface area contributed by atoms with Gasteiger partial charge in [0.1, 0.15) is 6.10 Å². The summed E-state index contributed by atoms with van der Waals surface area (Å²) in [7, 11) is 0. The molecule has 0 N–H and O–H groups in total. The van der Waals surface area contributed by atoms with Gasteiger partial charge in [-0.05, 0) is 50.9 Å². The average Bonchev–Trinajstić information content (AvgIpc) is 2.81. The van der Waals surface area contributed by atoms with Gasteiger partial charge in [-0.15, -0.1) is 0 Å². The van der Waals surface area contributed by atoms with E-state index in [4.69, 9.17) is 9.47 Å². The van der Waals surface area contributed by atoms with Gasteiger partial charge >= 0.3 is 11.9 Å². The van der Waals surface area contributed by atoms with Crippen LogP contribution in [0, 0.1) is 11.3 Å². The van der Waals surface area contributed by atoms with Gasteiger partial charge in [-0.25, -0.2) is 4.79 Å². The summed E-state index contributed by atoms with van der Waals surface area (Å²) < 4.78 is 10.4. The zero-order valence-electron chi connectivity index (χ0n) is 14.5. The molecular formula is C19H28O4. The van der Waals surface area contributed by atoms with E-state index in [-0.39, 0.29) is 23.5 Å². The molecular weight excluding hydrogens is 292 g/mol. The molecule has 0 saturated heterocycles. The molecule has 2 aliphatic carbocycles.